The van der Waals surface area contributed by atoms with Gasteiger partial charge < -0.3 is 9.09 Å². The standard InChI is InChI=1S/C19H16N4O/c1-14-20-16-9-5-6-10-17(16)23(14)13-18-21-19(24-22-18)12-11-15-7-3-2-4-8-15/h2-12H,13H2,1H3/b12-11+. The Bertz CT molecular complexity index is 999. The SMILES string of the molecule is Cc1nc2ccccc2n1Cc1noc(/C=C/c2ccccc2)n1. The topological polar surface area (TPSA) is 56.7 Å². The van der Waals surface area contributed by atoms with Crippen molar-refractivity contribution in [1.29, 1.82) is 0 Å². The Morgan fingerprint density at radius 1 is 0.958 bits per heavy atom. The average Bonchev–Trinajstić information content (AvgIpc) is 3.19. The normalized spacial score (nSPS) is 11.5. The molecule has 0 fully saturated rings. The molecule has 2 heterocycles. The molecule has 0 aliphatic heterocycles. The number of aromatic nitrogens is 4. The molecule has 2 aromatic heterocycles. The Balaban J connectivity index is 1.57. The van der Waals surface area contributed by atoms with Crippen LogP contribution in [0.25, 0.3) is 23.2 Å². The summed E-state index contributed by atoms with van der Waals surface area (Å²) in [5, 5.41) is 4.07. The Labute approximate surface area is 139 Å². The number of para-hydroxylation sites is 2. The van der Waals surface area contributed by atoms with E-state index in [2.05, 4.69) is 19.7 Å². The Hall–Kier alpha value is -3.21. The van der Waals surface area contributed by atoms with Crippen molar-refractivity contribution < 1.29 is 4.52 Å². The summed E-state index contributed by atoms with van der Waals surface area (Å²) in [5.41, 5.74) is 3.14. The third-order valence-electron chi connectivity index (χ3n) is 3.85. The first-order chi connectivity index (χ1) is 11.8. The maximum Gasteiger partial charge on any atom is 0.250 e. The van der Waals surface area contributed by atoms with Crippen LogP contribution in [0.1, 0.15) is 23.1 Å². The van der Waals surface area contributed by atoms with E-state index >= 15 is 0 Å². The fourth-order valence-electron chi connectivity index (χ4n) is 2.67. The Morgan fingerprint density at radius 2 is 1.75 bits per heavy atom. The number of hydrogen-bond donors (Lipinski definition) is 0. The van der Waals surface area contributed by atoms with Gasteiger partial charge in [-0.15, -0.1) is 0 Å². The number of benzene rings is 2. The summed E-state index contributed by atoms with van der Waals surface area (Å²) in [4.78, 5) is 8.99. The van der Waals surface area contributed by atoms with Crippen LogP contribution in [0.15, 0.2) is 59.1 Å². The van der Waals surface area contributed by atoms with Gasteiger partial charge in [0.1, 0.15) is 5.82 Å². The predicted octanol–water partition coefficient (Wildman–Crippen LogP) is 3.95. The van der Waals surface area contributed by atoms with Crippen LogP contribution >= 0.6 is 0 Å². The highest BCUT2D eigenvalue weighted by Crippen LogP contribution is 2.16. The monoisotopic (exact) mass is 316 g/mol. The van der Waals surface area contributed by atoms with Gasteiger partial charge in [0.2, 0.25) is 0 Å². The number of fused-ring (bicyclic) bond motifs is 1. The van der Waals surface area contributed by atoms with Crippen molar-refractivity contribution in [3.05, 3.63) is 77.7 Å². The molecular formula is C19H16N4O. The molecule has 0 aliphatic rings. The van der Waals surface area contributed by atoms with Gasteiger partial charge in [-0.05, 0) is 30.7 Å². The van der Waals surface area contributed by atoms with E-state index in [9.17, 15) is 0 Å². The number of rotatable bonds is 4. The fourth-order valence-corrected chi connectivity index (χ4v) is 2.67. The van der Waals surface area contributed by atoms with Crippen LogP contribution in [-0.4, -0.2) is 19.7 Å². The third-order valence-corrected chi connectivity index (χ3v) is 3.85. The summed E-state index contributed by atoms with van der Waals surface area (Å²) in [5.74, 6) is 2.06. The van der Waals surface area contributed by atoms with Crippen molar-refractivity contribution in [1.82, 2.24) is 19.7 Å². The maximum atomic E-state index is 5.31. The zero-order valence-electron chi connectivity index (χ0n) is 13.3. The van der Waals surface area contributed by atoms with E-state index in [4.69, 9.17) is 4.52 Å². The van der Waals surface area contributed by atoms with Gasteiger partial charge in [-0.1, -0.05) is 47.6 Å². The van der Waals surface area contributed by atoms with E-state index in [0.29, 0.717) is 18.3 Å². The van der Waals surface area contributed by atoms with Crippen LogP contribution in [0.4, 0.5) is 0 Å². The highest BCUT2D eigenvalue weighted by Gasteiger charge is 2.10. The quantitative estimate of drug-likeness (QED) is 0.572. The molecule has 0 radical (unpaired) electrons. The van der Waals surface area contributed by atoms with Crippen LogP contribution in [0.5, 0.6) is 0 Å². The summed E-state index contributed by atoms with van der Waals surface area (Å²) in [7, 11) is 0. The van der Waals surface area contributed by atoms with Gasteiger partial charge >= 0.3 is 0 Å². The lowest BCUT2D eigenvalue weighted by atomic mass is 10.2. The molecule has 5 nitrogen and oxygen atoms in total. The van der Waals surface area contributed by atoms with Crippen LogP contribution in [0, 0.1) is 6.92 Å². The smallest absolute Gasteiger partial charge is 0.250 e. The molecule has 5 heteroatoms. The second-order valence-electron chi connectivity index (χ2n) is 5.53. The van der Waals surface area contributed by atoms with E-state index in [0.717, 1.165) is 22.4 Å². The minimum atomic E-state index is 0.496. The molecule has 0 spiro atoms. The molecule has 0 N–H and O–H groups in total. The number of imidazole rings is 1. The van der Waals surface area contributed by atoms with Gasteiger partial charge in [-0.25, -0.2) is 4.98 Å². The van der Waals surface area contributed by atoms with Crippen molar-refractivity contribution in [3.8, 4) is 0 Å². The summed E-state index contributed by atoms with van der Waals surface area (Å²) < 4.78 is 7.39. The fraction of sp³-hybridized carbons (Fsp3) is 0.105. The molecule has 0 atom stereocenters. The zero-order chi connectivity index (χ0) is 16.4. The number of hydrogen-bond acceptors (Lipinski definition) is 4. The lowest BCUT2D eigenvalue weighted by Gasteiger charge is -2.02. The van der Waals surface area contributed by atoms with E-state index in [1.54, 1.807) is 0 Å². The number of nitrogens with zero attached hydrogens (tertiary/aromatic N) is 4. The second kappa shape index (κ2) is 6.12. The van der Waals surface area contributed by atoms with Gasteiger partial charge in [-0.2, -0.15) is 4.98 Å². The first-order valence-corrected chi connectivity index (χ1v) is 7.77. The second-order valence-corrected chi connectivity index (χ2v) is 5.53. The van der Waals surface area contributed by atoms with Gasteiger partial charge in [0.05, 0.1) is 17.6 Å². The molecule has 0 amide bonds. The van der Waals surface area contributed by atoms with E-state index in [1.165, 1.54) is 0 Å². The molecule has 4 rings (SSSR count). The van der Waals surface area contributed by atoms with Crippen LogP contribution in [-0.2, 0) is 6.54 Å². The summed E-state index contributed by atoms with van der Waals surface area (Å²) in [6.07, 6.45) is 3.78. The van der Waals surface area contributed by atoms with E-state index in [1.807, 2.05) is 73.7 Å². The van der Waals surface area contributed by atoms with Gasteiger partial charge in [0, 0.05) is 6.08 Å². The highest BCUT2D eigenvalue weighted by molar-refractivity contribution is 5.75. The van der Waals surface area contributed by atoms with Crippen LogP contribution in [0.2, 0.25) is 0 Å². The maximum absolute atomic E-state index is 5.31. The molecule has 0 saturated carbocycles. The number of aryl methyl sites for hydroxylation is 1. The molecule has 24 heavy (non-hydrogen) atoms. The van der Waals surface area contributed by atoms with Crippen molar-refractivity contribution in [3.63, 3.8) is 0 Å². The Morgan fingerprint density at radius 3 is 2.62 bits per heavy atom. The van der Waals surface area contributed by atoms with Crippen molar-refractivity contribution >= 4 is 23.2 Å². The lowest BCUT2D eigenvalue weighted by molar-refractivity contribution is 0.401. The largest absolute Gasteiger partial charge is 0.335 e. The van der Waals surface area contributed by atoms with Crippen molar-refractivity contribution in [2.45, 2.75) is 13.5 Å². The Kier molecular flexibility index (Phi) is 3.67. The predicted molar refractivity (Wildman–Crippen MR) is 93.2 cm³/mol. The molecular weight excluding hydrogens is 300 g/mol. The summed E-state index contributed by atoms with van der Waals surface area (Å²) in [6, 6.07) is 18.1. The van der Waals surface area contributed by atoms with Crippen molar-refractivity contribution in [2.75, 3.05) is 0 Å². The van der Waals surface area contributed by atoms with Gasteiger partial charge in [0.25, 0.3) is 5.89 Å². The van der Waals surface area contributed by atoms with Crippen molar-refractivity contribution in [2.24, 2.45) is 0 Å². The first-order valence-electron chi connectivity index (χ1n) is 7.77. The molecule has 2 aromatic carbocycles. The molecule has 4 aromatic rings. The zero-order valence-corrected chi connectivity index (χ0v) is 13.3. The summed E-state index contributed by atoms with van der Waals surface area (Å²) >= 11 is 0. The highest BCUT2D eigenvalue weighted by atomic mass is 16.5. The molecule has 0 aliphatic carbocycles. The van der Waals surface area contributed by atoms with Crippen LogP contribution < -0.4 is 0 Å². The van der Waals surface area contributed by atoms with Gasteiger partial charge in [0.15, 0.2) is 5.82 Å². The first kappa shape index (κ1) is 14.4. The van der Waals surface area contributed by atoms with Gasteiger partial charge in [-0.3, -0.25) is 0 Å². The molecule has 118 valence electrons. The third kappa shape index (κ3) is 2.84. The average molecular weight is 316 g/mol. The summed E-state index contributed by atoms with van der Waals surface area (Å²) in [6.45, 7) is 2.52. The minimum Gasteiger partial charge on any atom is -0.335 e. The molecule has 0 unspecified atom stereocenters. The van der Waals surface area contributed by atoms with E-state index < -0.39 is 0 Å². The van der Waals surface area contributed by atoms with E-state index in [-0.39, 0.29) is 0 Å². The minimum absolute atomic E-state index is 0.496. The lowest BCUT2D eigenvalue weighted by Crippen LogP contribution is -2.03. The molecule has 0 saturated heterocycles. The van der Waals surface area contributed by atoms with Crippen LogP contribution in [0.3, 0.4) is 0 Å². The molecule has 0 bridgehead atoms.